The second-order valence-corrected chi connectivity index (χ2v) is 4.83. The molecule has 1 amide bonds. The van der Waals surface area contributed by atoms with Gasteiger partial charge in [-0.15, -0.1) is 37.2 Å². The molecule has 0 saturated carbocycles. The summed E-state index contributed by atoms with van der Waals surface area (Å²) in [5, 5.41) is 3.01. The lowest BCUT2D eigenvalue weighted by Crippen LogP contribution is -2.48. The molecule has 1 N–H and O–H groups in total. The molecule has 8 heteroatoms. The lowest BCUT2D eigenvalue weighted by molar-refractivity contribution is -0.132. The molecular formula is C14H25Cl3N4O. The van der Waals surface area contributed by atoms with Gasteiger partial charge in [0.1, 0.15) is 0 Å². The average Bonchev–Trinajstić information content (AvgIpc) is 2.46. The van der Waals surface area contributed by atoms with Gasteiger partial charge in [0.25, 0.3) is 0 Å². The minimum Gasteiger partial charge on any atom is -0.340 e. The first-order valence-corrected chi connectivity index (χ1v) is 6.84. The molecule has 0 bridgehead atoms. The van der Waals surface area contributed by atoms with E-state index < -0.39 is 0 Å². The van der Waals surface area contributed by atoms with E-state index in [1.54, 1.807) is 0 Å². The van der Waals surface area contributed by atoms with Gasteiger partial charge >= 0.3 is 0 Å². The van der Waals surface area contributed by atoms with Crippen LogP contribution in [0.15, 0.2) is 24.4 Å². The number of carbonyl (C=O) groups excluding carboxylic acids is 1. The highest BCUT2D eigenvalue weighted by Crippen LogP contribution is 2.07. The van der Waals surface area contributed by atoms with Gasteiger partial charge in [-0.05, 0) is 19.2 Å². The van der Waals surface area contributed by atoms with Gasteiger partial charge in [0, 0.05) is 51.9 Å². The molecule has 0 atom stereocenters. The van der Waals surface area contributed by atoms with E-state index in [0.29, 0.717) is 6.42 Å². The van der Waals surface area contributed by atoms with E-state index in [1.165, 1.54) is 0 Å². The maximum absolute atomic E-state index is 11.9. The van der Waals surface area contributed by atoms with Crippen LogP contribution in [0.2, 0.25) is 0 Å². The monoisotopic (exact) mass is 370 g/mol. The molecule has 5 nitrogen and oxygen atoms in total. The third-order valence-corrected chi connectivity index (χ3v) is 3.43. The van der Waals surface area contributed by atoms with Crippen LogP contribution < -0.4 is 5.32 Å². The van der Waals surface area contributed by atoms with Crippen molar-refractivity contribution in [2.24, 2.45) is 0 Å². The number of rotatable bonds is 5. The fraction of sp³-hybridized carbons (Fsp3) is 0.571. The van der Waals surface area contributed by atoms with Crippen molar-refractivity contribution < 1.29 is 4.79 Å². The van der Waals surface area contributed by atoms with Crippen molar-refractivity contribution in [2.45, 2.75) is 13.0 Å². The number of hydrogen-bond donors (Lipinski definition) is 1. The summed E-state index contributed by atoms with van der Waals surface area (Å²) in [6, 6.07) is 5.99. The summed E-state index contributed by atoms with van der Waals surface area (Å²) in [5.41, 5.74) is 1.09. The number of hydrogen-bond acceptors (Lipinski definition) is 4. The summed E-state index contributed by atoms with van der Waals surface area (Å²) < 4.78 is 0. The molecule has 1 saturated heterocycles. The van der Waals surface area contributed by atoms with Crippen LogP contribution in [0.4, 0.5) is 0 Å². The Morgan fingerprint density at radius 3 is 2.41 bits per heavy atom. The number of amides is 1. The van der Waals surface area contributed by atoms with Gasteiger partial charge in [-0.2, -0.15) is 0 Å². The SMILES string of the molecule is CNCCC(=O)N1CCN(Cc2ccccn2)CC1.Cl.Cl.Cl. The van der Waals surface area contributed by atoms with Crippen LogP contribution in [0, 0.1) is 0 Å². The average molecular weight is 372 g/mol. The van der Waals surface area contributed by atoms with Crippen LogP contribution >= 0.6 is 37.2 Å². The third kappa shape index (κ3) is 7.61. The molecule has 22 heavy (non-hydrogen) atoms. The number of halogens is 3. The zero-order chi connectivity index (χ0) is 13.5. The molecule has 2 heterocycles. The second-order valence-electron chi connectivity index (χ2n) is 4.83. The zero-order valence-corrected chi connectivity index (χ0v) is 15.2. The lowest BCUT2D eigenvalue weighted by Gasteiger charge is -2.34. The van der Waals surface area contributed by atoms with Crippen LogP contribution in [0.25, 0.3) is 0 Å². The Hall–Kier alpha value is -0.590. The van der Waals surface area contributed by atoms with Crippen LogP contribution in [-0.4, -0.2) is 60.5 Å². The minimum absolute atomic E-state index is 0. The molecule has 1 aromatic rings. The molecule has 0 radical (unpaired) electrons. The largest absolute Gasteiger partial charge is 0.340 e. The van der Waals surface area contributed by atoms with Gasteiger partial charge in [0.2, 0.25) is 5.91 Å². The Balaban J connectivity index is 0. The van der Waals surface area contributed by atoms with Gasteiger partial charge in [0.05, 0.1) is 5.69 Å². The van der Waals surface area contributed by atoms with E-state index in [2.05, 4.69) is 15.2 Å². The molecule has 1 fully saturated rings. The van der Waals surface area contributed by atoms with Crippen LogP contribution in [0.3, 0.4) is 0 Å². The van der Waals surface area contributed by atoms with Gasteiger partial charge in [0.15, 0.2) is 0 Å². The van der Waals surface area contributed by atoms with Crippen molar-refractivity contribution in [3.8, 4) is 0 Å². The van der Waals surface area contributed by atoms with Crippen LogP contribution in [0.5, 0.6) is 0 Å². The summed E-state index contributed by atoms with van der Waals surface area (Å²) in [7, 11) is 1.87. The summed E-state index contributed by atoms with van der Waals surface area (Å²) in [6.45, 7) is 5.15. The molecular weight excluding hydrogens is 347 g/mol. The Labute approximate surface area is 151 Å². The number of aromatic nitrogens is 1. The van der Waals surface area contributed by atoms with Crippen LogP contribution in [-0.2, 0) is 11.3 Å². The van der Waals surface area contributed by atoms with E-state index in [9.17, 15) is 4.79 Å². The maximum atomic E-state index is 11.9. The predicted octanol–water partition coefficient (Wildman–Crippen LogP) is 1.60. The van der Waals surface area contributed by atoms with Crippen molar-refractivity contribution in [1.82, 2.24) is 20.1 Å². The summed E-state index contributed by atoms with van der Waals surface area (Å²) >= 11 is 0. The van der Waals surface area contributed by atoms with Crippen molar-refractivity contribution in [2.75, 3.05) is 39.8 Å². The van der Waals surface area contributed by atoms with Gasteiger partial charge in [-0.3, -0.25) is 14.7 Å². The fourth-order valence-electron chi connectivity index (χ4n) is 2.27. The van der Waals surface area contributed by atoms with Crippen molar-refractivity contribution in [1.29, 1.82) is 0 Å². The molecule has 2 rings (SSSR count). The van der Waals surface area contributed by atoms with E-state index >= 15 is 0 Å². The van der Waals surface area contributed by atoms with Gasteiger partial charge in [-0.25, -0.2) is 0 Å². The second kappa shape index (κ2) is 12.9. The number of piperazine rings is 1. The standard InChI is InChI=1S/C14H22N4O.3ClH/c1-15-7-5-14(19)18-10-8-17(9-11-18)12-13-4-2-3-6-16-13;;;/h2-4,6,15H,5,7-12H2,1H3;3*1H. The normalized spacial score (nSPS) is 14.3. The number of nitrogens with one attached hydrogen (secondary N) is 1. The van der Waals surface area contributed by atoms with Gasteiger partial charge < -0.3 is 10.2 Å². The number of nitrogens with zero attached hydrogens (tertiary/aromatic N) is 3. The van der Waals surface area contributed by atoms with Gasteiger partial charge in [-0.1, -0.05) is 6.07 Å². The Morgan fingerprint density at radius 1 is 1.18 bits per heavy atom. The lowest BCUT2D eigenvalue weighted by atomic mass is 10.2. The quantitative estimate of drug-likeness (QED) is 0.854. The first-order valence-electron chi connectivity index (χ1n) is 6.84. The molecule has 1 aliphatic rings. The van der Waals surface area contributed by atoms with Crippen LogP contribution in [0.1, 0.15) is 12.1 Å². The minimum atomic E-state index is 0. The van der Waals surface area contributed by atoms with Crippen molar-refractivity contribution in [3.05, 3.63) is 30.1 Å². The summed E-state index contributed by atoms with van der Waals surface area (Å²) in [5.74, 6) is 0.256. The molecule has 0 aromatic carbocycles. The van der Waals surface area contributed by atoms with E-state index in [0.717, 1.165) is 45.0 Å². The number of pyridine rings is 1. The highest BCUT2D eigenvalue weighted by Gasteiger charge is 2.20. The Bertz CT molecular complexity index is 400. The van der Waals surface area contributed by atoms with Crippen molar-refractivity contribution in [3.63, 3.8) is 0 Å². The summed E-state index contributed by atoms with van der Waals surface area (Å²) in [4.78, 5) is 20.5. The fourth-order valence-corrected chi connectivity index (χ4v) is 2.27. The molecule has 1 aromatic heterocycles. The smallest absolute Gasteiger partial charge is 0.223 e. The van der Waals surface area contributed by atoms with E-state index in [4.69, 9.17) is 0 Å². The summed E-state index contributed by atoms with van der Waals surface area (Å²) in [6.07, 6.45) is 2.42. The highest BCUT2D eigenvalue weighted by atomic mass is 35.5. The van der Waals surface area contributed by atoms with E-state index in [1.807, 2.05) is 36.3 Å². The molecule has 0 aliphatic carbocycles. The zero-order valence-electron chi connectivity index (χ0n) is 12.7. The predicted molar refractivity (Wildman–Crippen MR) is 96.4 cm³/mol. The third-order valence-electron chi connectivity index (χ3n) is 3.43. The maximum Gasteiger partial charge on any atom is 0.223 e. The highest BCUT2D eigenvalue weighted by molar-refractivity contribution is 5.86. The molecule has 0 unspecified atom stereocenters. The molecule has 128 valence electrons. The first-order chi connectivity index (χ1) is 9.29. The first kappa shape index (κ1) is 23.7. The van der Waals surface area contributed by atoms with Crippen molar-refractivity contribution >= 4 is 43.1 Å². The Morgan fingerprint density at radius 2 is 1.86 bits per heavy atom. The van der Waals surface area contributed by atoms with E-state index in [-0.39, 0.29) is 43.1 Å². The molecule has 1 aliphatic heterocycles. The Kier molecular flexibility index (Phi) is 13.9. The topological polar surface area (TPSA) is 48.5 Å². The molecule has 0 spiro atoms. The number of carbonyl (C=O) groups is 1.